The van der Waals surface area contributed by atoms with Crippen molar-refractivity contribution in [2.75, 3.05) is 25.6 Å². The number of ether oxygens (including phenoxy) is 1. The highest BCUT2D eigenvalue weighted by molar-refractivity contribution is 14.1. The molecule has 12 heteroatoms. The van der Waals surface area contributed by atoms with Crippen molar-refractivity contribution in [1.82, 2.24) is 4.57 Å². The molecular formula is C25H23IN4O6S. The quantitative estimate of drug-likeness (QED) is 0.191. The van der Waals surface area contributed by atoms with Gasteiger partial charge < -0.3 is 14.7 Å². The van der Waals surface area contributed by atoms with E-state index in [1.807, 2.05) is 43.3 Å². The molecule has 0 radical (unpaired) electrons. The molecule has 0 aliphatic carbocycles. The molecule has 10 nitrogen and oxygen atoms in total. The monoisotopic (exact) mass is 634 g/mol. The van der Waals surface area contributed by atoms with Crippen molar-refractivity contribution >= 4 is 57.3 Å². The number of aromatic nitrogens is 1. The number of anilines is 1. The lowest BCUT2D eigenvalue weighted by molar-refractivity contribution is -0.386. The van der Waals surface area contributed by atoms with Crippen LogP contribution in [0.1, 0.15) is 31.0 Å². The van der Waals surface area contributed by atoms with E-state index < -0.39 is 33.9 Å². The molecule has 0 unspecified atom stereocenters. The Morgan fingerprint density at radius 3 is 2.59 bits per heavy atom. The van der Waals surface area contributed by atoms with Crippen molar-refractivity contribution in [3.05, 3.63) is 92.2 Å². The molecule has 2 heterocycles. The summed E-state index contributed by atoms with van der Waals surface area (Å²) in [6.07, 6.45) is 1.52. The van der Waals surface area contributed by atoms with Crippen LogP contribution in [0.25, 0.3) is 6.08 Å². The number of thiazole rings is 1. The van der Waals surface area contributed by atoms with Crippen LogP contribution < -0.4 is 19.8 Å². The molecule has 0 fully saturated rings. The molecule has 192 valence electrons. The third-order valence-electron chi connectivity index (χ3n) is 5.80. The molecule has 0 saturated heterocycles. The lowest BCUT2D eigenvalue weighted by Gasteiger charge is -2.25. The van der Waals surface area contributed by atoms with Gasteiger partial charge in [-0.15, -0.1) is 0 Å². The summed E-state index contributed by atoms with van der Waals surface area (Å²) in [5, 5.41) is 21.4. The zero-order chi connectivity index (χ0) is 27.0. The fourth-order valence-electron chi connectivity index (χ4n) is 4.04. The minimum absolute atomic E-state index is 0.171. The molecule has 4 rings (SSSR count). The van der Waals surface area contributed by atoms with Gasteiger partial charge in [-0.2, -0.15) is 0 Å². The Morgan fingerprint density at radius 1 is 1.32 bits per heavy atom. The zero-order valence-electron chi connectivity index (χ0n) is 20.4. The molecule has 0 spiro atoms. The molecule has 0 amide bonds. The number of carbonyl (C=O) groups is 1. The summed E-state index contributed by atoms with van der Waals surface area (Å²) in [5.74, 6) is -0.983. The van der Waals surface area contributed by atoms with Gasteiger partial charge in [0.05, 0.1) is 36.9 Å². The number of hydrogen-bond donors (Lipinski definition) is 1. The summed E-state index contributed by atoms with van der Waals surface area (Å²) in [4.78, 5) is 44.2. The number of nitro groups is 1. The standard InChI is InChI=1S/C25H23IN4O6S/c1-5-36-24(33)20-13(2)27-25-29(21(20)15-6-8-16(9-7-15)28(3)4)23(32)19(37-25)12-14-10-17(26)22(31)18(11-14)30(34)35/h6-12,21,31H,5H2,1-4H3/b19-12-/t21-/m1/s1. The van der Waals surface area contributed by atoms with Crippen LogP contribution in [0, 0.1) is 13.7 Å². The number of benzene rings is 2. The first-order valence-electron chi connectivity index (χ1n) is 11.2. The number of hydrogen-bond acceptors (Lipinski definition) is 9. The van der Waals surface area contributed by atoms with Crippen molar-refractivity contribution in [2.45, 2.75) is 19.9 Å². The lowest BCUT2D eigenvalue weighted by atomic mass is 9.95. The summed E-state index contributed by atoms with van der Waals surface area (Å²) in [7, 11) is 3.84. The SMILES string of the molecule is CCOC(=O)C1=C(C)N=c2s/c(=C\c3cc(I)c(O)c([N+](=O)[O-])c3)c(=O)n2[C@@H]1c1ccc(N(C)C)cc1. The van der Waals surface area contributed by atoms with Crippen LogP contribution in [0.2, 0.25) is 0 Å². The molecule has 1 N–H and O–H groups in total. The summed E-state index contributed by atoms with van der Waals surface area (Å²) >= 11 is 2.92. The average molecular weight is 634 g/mol. The maximum atomic E-state index is 13.7. The predicted octanol–water partition coefficient (Wildman–Crippen LogP) is 3.08. The Morgan fingerprint density at radius 2 is 2.00 bits per heavy atom. The van der Waals surface area contributed by atoms with Crippen molar-refractivity contribution in [1.29, 1.82) is 0 Å². The Labute approximate surface area is 229 Å². The number of halogens is 1. The molecule has 0 bridgehead atoms. The van der Waals surface area contributed by atoms with Crippen molar-refractivity contribution in [3.63, 3.8) is 0 Å². The van der Waals surface area contributed by atoms with Crippen LogP contribution in [-0.4, -0.2) is 41.3 Å². The number of nitro benzene ring substituents is 1. The Balaban J connectivity index is 1.95. The molecule has 37 heavy (non-hydrogen) atoms. The van der Waals surface area contributed by atoms with E-state index in [-0.39, 0.29) is 20.3 Å². The number of rotatable bonds is 6. The third kappa shape index (κ3) is 5.03. The van der Waals surface area contributed by atoms with Crippen LogP contribution in [0.15, 0.2) is 57.5 Å². The topological polar surface area (TPSA) is 127 Å². The van der Waals surface area contributed by atoms with Crippen molar-refractivity contribution in [3.8, 4) is 5.75 Å². The van der Waals surface area contributed by atoms with Gasteiger partial charge in [0, 0.05) is 25.8 Å². The Kier molecular flexibility index (Phi) is 7.50. The van der Waals surface area contributed by atoms with Crippen LogP contribution in [-0.2, 0) is 9.53 Å². The van der Waals surface area contributed by atoms with Gasteiger partial charge >= 0.3 is 11.7 Å². The number of nitrogens with zero attached hydrogens (tertiary/aromatic N) is 4. The second-order valence-corrected chi connectivity index (χ2v) is 10.6. The predicted molar refractivity (Wildman–Crippen MR) is 149 cm³/mol. The number of phenolic OH excluding ortho intramolecular Hbond substituents is 1. The van der Waals surface area contributed by atoms with Gasteiger partial charge in [0.2, 0.25) is 5.75 Å². The van der Waals surface area contributed by atoms with E-state index in [1.54, 1.807) is 42.5 Å². The summed E-state index contributed by atoms with van der Waals surface area (Å²) in [6.45, 7) is 3.59. The average Bonchev–Trinajstić information content (AvgIpc) is 3.14. The first-order chi connectivity index (χ1) is 17.5. The van der Waals surface area contributed by atoms with E-state index in [0.29, 0.717) is 21.6 Å². The van der Waals surface area contributed by atoms with E-state index in [0.717, 1.165) is 17.0 Å². The summed E-state index contributed by atoms with van der Waals surface area (Å²) in [5.41, 5.74) is 1.92. The maximum Gasteiger partial charge on any atom is 0.338 e. The number of esters is 1. The first-order valence-corrected chi connectivity index (χ1v) is 13.1. The van der Waals surface area contributed by atoms with Gasteiger partial charge in [-0.25, -0.2) is 9.79 Å². The largest absolute Gasteiger partial charge is 0.501 e. The minimum atomic E-state index is -0.761. The van der Waals surface area contributed by atoms with E-state index >= 15 is 0 Å². The van der Waals surface area contributed by atoms with Gasteiger partial charge in [-0.3, -0.25) is 19.5 Å². The highest BCUT2D eigenvalue weighted by atomic mass is 127. The van der Waals surface area contributed by atoms with Gasteiger partial charge in [0.15, 0.2) is 4.80 Å². The molecule has 1 aliphatic rings. The van der Waals surface area contributed by atoms with Gasteiger partial charge in [-0.05, 0) is 71.8 Å². The molecule has 1 aliphatic heterocycles. The van der Waals surface area contributed by atoms with Crippen LogP contribution in [0.5, 0.6) is 5.75 Å². The smallest absolute Gasteiger partial charge is 0.338 e. The second-order valence-electron chi connectivity index (χ2n) is 8.42. The van der Waals surface area contributed by atoms with Crippen molar-refractivity contribution < 1.29 is 19.6 Å². The highest BCUT2D eigenvalue weighted by Gasteiger charge is 2.33. The molecular weight excluding hydrogens is 611 g/mol. The van der Waals surface area contributed by atoms with E-state index in [2.05, 4.69) is 4.99 Å². The molecule has 3 aromatic rings. The number of carbonyl (C=O) groups excluding carboxylic acids is 1. The number of allylic oxidation sites excluding steroid dienone is 1. The van der Waals surface area contributed by atoms with Gasteiger partial charge in [0.25, 0.3) is 5.56 Å². The van der Waals surface area contributed by atoms with Crippen LogP contribution >= 0.6 is 33.9 Å². The normalized spacial score (nSPS) is 15.3. The van der Waals surface area contributed by atoms with E-state index in [9.17, 15) is 24.8 Å². The van der Waals surface area contributed by atoms with Gasteiger partial charge in [0.1, 0.15) is 0 Å². The van der Waals surface area contributed by atoms with Crippen LogP contribution in [0.3, 0.4) is 0 Å². The fourth-order valence-corrected chi connectivity index (χ4v) is 5.72. The number of aromatic hydroxyl groups is 1. The zero-order valence-corrected chi connectivity index (χ0v) is 23.4. The van der Waals surface area contributed by atoms with Crippen LogP contribution in [0.4, 0.5) is 11.4 Å². The Bertz CT molecular complexity index is 1620. The summed E-state index contributed by atoms with van der Waals surface area (Å²) < 4.78 is 7.33. The van der Waals surface area contributed by atoms with Gasteiger partial charge in [-0.1, -0.05) is 23.5 Å². The molecule has 0 saturated carbocycles. The second kappa shape index (κ2) is 10.5. The number of phenols is 1. The minimum Gasteiger partial charge on any atom is -0.501 e. The lowest BCUT2D eigenvalue weighted by Crippen LogP contribution is -2.39. The van der Waals surface area contributed by atoms with E-state index in [1.165, 1.54) is 16.7 Å². The number of fused-ring (bicyclic) bond motifs is 1. The molecule has 1 aromatic heterocycles. The van der Waals surface area contributed by atoms with E-state index in [4.69, 9.17) is 4.74 Å². The van der Waals surface area contributed by atoms with Crippen molar-refractivity contribution in [2.24, 2.45) is 4.99 Å². The first kappa shape index (κ1) is 26.5. The summed E-state index contributed by atoms with van der Waals surface area (Å²) in [6, 6.07) is 9.53. The maximum absolute atomic E-state index is 13.7. The highest BCUT2D eigenvalue weighted by Crippen LogP contribution is 2.33. The molecule has 1 atom stereocenters. The Hall–Kier alpha value is -3.52. The fraction of sp³-hybridized carbons (Fsp3) is 0.240. The molecule has 2 aromatic carbocycles. The third-order valence-corrected chi connectivity index (χ3v) is 7.61.